The zero-order chi connectivity index (χ0) is 27.6. The Kier molecular flexibility index (Phi) is 7.53. The van der Waals surface area contributed by atoms with Crippen molar-refractivity contribution < 1.29 is 17.9 Å². The van der Waals surface area contributed by atoms with Crippen LogP contribution in [0.25, 0.3) is 5.57 Å². The van der Waals surface area contributed by atoms with Crippen LogP contribution in [0.3, 0.4) is 0 Å². The van der Waals surface area contributed by atoms with Gasteiger partial charge >= 0.3 is 0 Å². The molecule has 2 aliphatic rings. The molecule has 10 heteroatoms. The van der Waals surface area contributed by atoms with Gasteiger partial charge in [0.25, 0.3) is 5.91 Å². The summed E-state index contributed by atoms with van der Waals surface area (Å²) >= 11 is 3.39. The molecule has 8 nitrogen and oxygen atoms in total. The standard InChI is InChI=1S/C29H23BrN4O4S/c30-22-10-8-20(9-11-22)18-33-27-13-12-25(15-26(27)28(29(33)35)21(16-31)17-32)39(36,37)34-14-4-5-23(34)19-38-24-6-2-1-3-7-24/h1-3,6-13,15,23H,4-5,14,18-19H2. The molecule has 3 aromatic rings. The molecule has 3 aromatic carbocycles. The molecule has 0 saturated carbocycles. The van der Waals surface area contributed by atoms with Crippen molar-refractivity contribution in [2.75, 3.05) is 18.1 Å². The smallest absolute Gasteiger partial charge is 0.261 e. The number of ether oxygens (including phenoxy) is 1. The van der Waals surface area contributed by atoms with Crippen LogP contribution in [0.5, 0.6) is 5.75 Å². The Labute approximate surface area is 235 Å². The number of nitrogens with zero attached hydrogens (tertiary/aromatic N) is 4. The molecule has 0 aromatic heterocycles. The molecule has 1 fully saturated rings. The van der Waals surface area contributed by atoms with E-state index in [9.17, 15) is 23.7 Å². The first-order valence-corrected chi connectivity index (χ1v) is 14.5. The van der Waals surface area contributed by atoms with Gasteiger partial charge in [-0.2, -0.15) is 14.8 Å². The van der Waals surface area contributed by atoms with E-state index in [0.717, 1.165) is 10.0 Å². The molecule has 1 amide bonds. The van der Waals surface area contributed by atoms with E-state index < -0.39 is 15.9 Å². The third-order valence-electron chi connectivity index (χ3n) is 6.83. The maximum atomic E-state index is 13.8. The number of carbonyl (C=O) groups is 1. The second-order valence-corrected chi connectivity index (χ2v) is 12.0. The minimum Gasteiger partial charge on any atom is -0.492 e. The van der Waals surface area contributed by atoms with Crippen molar-refractivity contribution in [3.63, 3.8) is 0 Å². The zero-order valence-corrected chi connectivity index (χ0v) is 23.2. The van der Waals surface area contributed by atoms with Gasteiger partial charge in [-0.1, -0.05) is 46.3 Å². The molecule has 5 rings (SSSR count). The lowest BCUT2D eigenvalue weighted by molar-refractivity contribution is -0.113. The Morgan fingerprint density at radius 2 is 1.74 bits per heavy atom. The quantitative estimate of drug-likeness (QED) is 0.277. The number of hydrogen-bond acceptors (Lipinski definition) is 6. The zero-order valence-electron chi connectivity index (χ0n) is 20.7. The van der Waals surface area contributed by atoms with Gasteiger partial charge in [0.15, 0.2) is 0 Å². The minimum atomic E-state index is -3.95. The van der Waals surface area contributed by atoms with Gasteiger partial charge in [0.05, 0.1) is 28.7 Å². The van der Waals surface area contributed by atoms with Crippen molar-refractivity contribution in [2.45, 2.75) is 30.3 Å². The van der Waals surface area contributed by atoms with Gasteiger partial charge in [-0.15, -0.1) is 0 Å². The first-order valence-electron chi connectivity index (χ1n) is 12.3. The summed E-state index contributed by atoms with van der Waals surface area (Å²) in [6.07, 6.45) is 1.36. The minimum absolute atomic E-state index is 0.00103. The van der Waals surface area contributed by atoms with Crippen LogP contribution in [-0.4, -0.2) is 37.8 Å². The second kappa shape index (κ2) is 11.0. The van der Waals surface area contributed by atoms with E-state index in [-0.39, 0.29) is 40.8 Å². The number of nitriles is 2. The average molecular weight is 603 g/mol. The highest BCUT2D eigenvalue weighted by Gasteiger charge is 2.39. The maximum absolute atomic E-state index is 13.8. The summed E-state index contributed by atoms with van der Waals surface area (Å²) in [4.78, 5) is 14.9. The van der Waals surface area contributed by atoms with Gasteiger partial charge in [-0.3, -0.25) is 4.79 Å². The summed E-state index contributed by atoms with van der Waals surface area (Å²) in [7, 11) is -3.95. The number of benzene rings is 3. The summed E-state index contributed by atoms with van der Waals surface area (Å²) in [5.41, 5.74) is 1.10. The number of carbonyl (C=O) groups excluding carboxylic acids is 1. The number of allylic oxidation sites excluding steroid dienone is 1. The fourth-order valence-electron chi connectivity index (χ4n) is 4.92. The van der Waals surface area contributed by atoms with Gasteiger partial charge in [-0.25, -0.2) is 8.42 Å². The van der Waals surface area contributed by atoms with Gasteiger partial charge < -0.3 is 9.64 Å². The van der Waals surface area contributed by atoms with E-state index in [0.29, 0.717) is 30.8 Å². The molecule has 196 valence electrons. The second-order valence-electron chi connectivity index (χ2n) is 9.21. The summed E-state index contributed by atoms with van der Waals surface area (Å²) < 4.78 is 35.7. The van der Waals surface area contributed by atoms with Crippen LogP contribution in [0.2, 0.25) is 0 Å². The monoisotopic (exact) mass is 602 g/mol. The van der Waals surface area contributed by atoms with Crippen LogP contribution in [0.15, 0.2) is 87.7 Å². The van der Waals surface area contributed by atoms with Crippen LogP contribution in [0, 0.1) is 22.7 Å². The number of hydrogen-bond donors (Lipinski definition) is 0. The van der Waals surface area contributed by atoms with Crippen LogP contribution < -0.4 is 9.64 Å². The number of anilines is 1. The van der Waals surface area contributed by atoms with Crippen LogP contribution >= 0.6 is 15.9 Å². The summed E-state index contributed by atoms with van der Waals surface area (Å²) in [5.74, 6) is 0.148. The average Bonchev–Trinajstić information content (AvgIpc) is 3.53. The summed E-state index contributed by atoms with van der Waals surface area (Å²) in [5, 5.41) is 19.2. The highest BCUT2D eigenvalue weighted by atomic mass is 79.9. The highest BCUT2D eigenvalue weighted by Crippen LogP contribution is 2.41. The normalized spacial score (nSPS) is 17.0. The molecule has 0 spiro atoms. The first-order chi connectivity index (χ1) is 18.8. The predicted molar refractivity (Wildman–Crippen MR) is 149 cm³/mol. The van der Waals surface area contributed by atoms with E-state index in [2.05, 4.69) is 15.9 Å². The molecule has 0 radical (unpaired) electrons. The fraction of sp³-hybridized carbons (Fsp3) is 0.207. The molecule has 0 N–H and O–H groups in total. The third kappa shape index (κ3) is 5.19. The Morgan fingerprint density at radius 3 is 2.44 bits per heavy atom. The summed E-state index contributed by atoms with van der Waals surface area (Å²) in [6, 6.07) is 24.4. The lowest BCUT2D eigenvalue weighted by atomic mass is 10.0. The molecule has 1 atom stereocenters. The van der Waals surface area contributed by atoms with Crippen molar-refractivity contribution in [3.05, 3.63) is 94.0 Å². The number of halogens is 1. The maximum Gasteiger partial charge on any atom is 0.261 e. The van der Waals surface area contributed by atoms with Crippen LogP contribution in [0.1, 0.15) is 24.0 Å². The van der Waals surface area contributed by atoms with Gasteiger partial charge in [0, 0.05) is 16.6 Å². The molecule has 2 heterocycles. The number of fused-ring (bicyclic) bond motifs is 1. The Balaban J connectivity index is 1.49. The lowest BCUT2D eigenvalue weighted by Gasteiger charge is -2.24. The van der Waals surface area contributed by atoms with Crippen molar-refractivity contribution in [1.82, 2.24) is 4.31 Å². The number of sulfonamides is 1. The number of amides is 1. The first kappa shape index (κ1) is 26.6. The Morgan fingerprint density at radius 1 is 1.03 bits per heavy atom. The number of rotatable bonds is 7. The predicted octanol–water partition coefficient (Wildman–Crippen LogP) is 5.03. The topological polar surface area (TPSA) is 114 Å². The molecule has 0 bridgehead atoms. The van der Waals surface area contributed by atoms with Gasteiger partial charge in [0.2, 0.25) is 10.0 Å². The third-order valence-corrected chi connectivity index (χ3v) is 9.31. The molecular weight excluding hydrogens is 580 g/mol. The Hall–Kier alpha value is -3.96. The van der Waals surface area contributed by atoms with E-state index in [4.69, 9.17) is 4.74 Å². The van der Waals surface area contributed by atoms with E-state index in [1.165, 1.54) is 21.3 Å². The van der Waals surface area contributed by atoms with Crippen molar-refractivity contribution in [2.24, 2.45) is 0 Å². The largest absolute Gasteiger partial charge is 0.492 e. The molecule has 0 aliphatic carbocycles. The molecule has 2 aliphatic heterocycles. The lowest BCUT2D eigenvalue weighted by Crippen LogP contribution is -2.39. The highest BCUT2D eigenvalue weighted by molar-refractivity contribution is 9.10. The van der Waals surface area contributed by atoms with Gasteiger partial charge in [-0.05, 0) is 60.9 Å². The number of para-hydroxylation sites is 1. The molecular formula is C29H23BrN4O4S. The fourth-order valence-corrected chi connectivity index (χ4v) is 6.89. The Bertz CT molecular complexity index is 1630. The van der Waals surface area contributed by atoms with Crippen LogP contribution in [0.4, 0.5) is 5.69 Å². The summed E-state index contributed by atoms with van der Waals surface area (Å²) in [6.45, 7) is 0.761. The van der Waals surface area contributed by atoms with E-state index >= 15 is 0 Å². The van der Waals surface area contributed by atoms with Crippen LogP contribution in [-0.2, 0) is 21.4 Å². The van der Waals surface area contributed by atoms with Crippen molar-refractivity contribution >= 4 is 43.1 Å². The van der Waals surface area contributed by atoms with E-state index in [1.807, 2.05) is 54.6 Å². The molecule has 1 saturated heterocycles. The SMILES string of the molecule is N#CC(C#N)=C1C(=O)N(Cc2ccc(Br)cc2)c2ccc(S(=O)(=O)N3CCCC3COc3ccccc3)cc21. The van der Waals surface area contributed by atoms with Crippen molar-refractivity contribution in [1.29, 1.82) is 10.5 Å². The van der Waals surface area contributed by atoms with E-state index in [1.54, 1.807) is 18.2 Å². The molecule has 1 unspecified atom stereocenters. The van der Waals surface area contributed by atoms with Crippen molar-refractivity contribution in [3.8, 4) is 17.9 Å². The van der Waals surface area contributed by atoms with Gasteiger partial charge in [0.1, 0.15) is 30.1 Å². The molecule has 39 heavy (non-hydrogen) atoms.